The molecule has 0 aliphatic heterocycles. The van der Waals surface area contributed by atoms with Crippen molar-refractivity contribution in [2.24, 2.45) is 5.10 Å². The van der Waals surface area contributed by atoms with Gasteiger partial charge in [-0.25, -0.2) is 9.37 Å². The maximum atomic E-state index is 13.7. The third-order valence-electron chi connectivity index (χ3n) is 5.15. The fourth-order valence-corrected chi connectivity index (χ4v) is 4.37. The van der Waals surface area contributed by atoms with Crippen molar-refractivity contribution in [1.29, 1.82) is 0 Å². The van der Waals surface area contributed by atoms with Gasteiger partial charge in [0.2, 0.25) is 5.13 Å². The molecule has 0 fully saturated rings. The second-order valence-electron chi connectivity index (χ2n) is 7.31. The SMILES string of the molecule is COc1ccc(/C=N/N(C(=O)c2ccc3ccccc3c2)c2nc3ccc(F)cc3s2)cc1. The summed E-state index contributed by atoms with van der Waals surface area (Å²) in [5, 5.41) is 8.08. The largest absolute Gasteiger partial charge is 0.497 e. The number of carbonyl (C=O) groups excluding carboxylic acids is 1. The summed E-state index contributed by atoms with van der Waals surface area (Å²) < 4.78 is 19.5. The number of halogens is 1. The Morgan fingerprint density at radius 2 is 1.79 bits per heavy atom. The van der Waals surface area contributed by atoms with Crippen LogP contribution in [0.3, 0.4) is 0 Å². The van der Waals surface area contributed by atoms with Gasteiger partial charge in [-0.3, -0.25) is 4.79 Å². The molecular weight excluding hydrogens is 437 g/mol. The number of amides is 1. The van der Waals surface area contributed by atoms with Crippen LogP contribution < -0.4 is 9.75 Å². The number of benzene rings is 4. The van der Waals surface area contributed by atoms with E-state index in [4.69, 9.17) is 4.74 Å². The zero-order valence-corrected chi connectivity index (χ0v) is 18.4. The number of aromatic nitrogens is 1. The number of methoxy groups -OCH3 is 1. The van der Waals surface area contributed by atoms with E-state index < -0.39 is 0 Å². The van der Waals surface area contributed by atoms with Crippen LogP contribution in [0, 0.1) is 5.82 Å². The molecule has 0 bridgehead atoms. The summed E-state index contributed by atoms with van der Waals surface area (Å²) in [5.74, 6) is 0.0429. The van der Waals surface area contributed by atoms with Gasteiger partial charge >= 0.3 is 0 Å². The van der Waals surface area contributed by atoms with Gasteiger partial charge in [-0.2, -0.15) is 10.1 Å². The molecule has 0 radical (unpaired) electrons. The van der Waals surface area contributed by atoms with Crippen LogP contribution in [-0.2, 0) is 0 Å². The first-order chi connectivity index (χ1) is 16.1. The molecule has 0 saturated heterocycles. The van der Waals surface area contributed by atoms with Crippen LogP contribution in [0.1, 0.15) is 15.9 Å². The van der Waals surface area contributed by atoms with Gasteiger partial charge in [0.1, 0.15) is 11.6 Å². The molecule has 1 amide bonds. The fourth-order valence-electron chi connectivity index (χ4n) is 3.42. The molecular formula is C26H18FN3O2S. The molecule has 0 saturated carbocycles. The zero-order chi connectivity index (χ0) is 22.8. The topological polar surface area (TPSA) is 54.8 Å². The zero-order valence-electron chi connectivity index (χ0n) is 17.6. The van der Waals surface area contributed by atoms with E-state index in [1.807, 2.05) is 60.7 Å². The summed E-state index contributed by atoms with van der Waals surface area (Å²) in [6.07, 6.45) is 1.59. The summed E-state index contributed by atoms with van der Waals surface area (Å²) in [4.78, 5) is 18.1. The number of hydrogen-bond donors (Lipinski definition) is 0. The van der Waals surface area contributed by atoms with Crippen LogP contribution >= 0.6 is 11.3 Å². The lowest BCUT2D eigenvalue weighted by Gasteiger charge is -2.14. The number of hydrazone groups is 1. The van der Waals surface area contributed by atoms with E-state index >= 15 is 0 Å². The van der Waals surface area contributed by atoms with Crippen LogP contribution in [0.2, 0.25) is 0 Å². The van der Waals surface area contributed by atoms with Gasteiger partial charge in [-0.15, -0.1) is 0 Å². The number of nitrogens with zero attached hydrogens (tertiary/aromatic N) is 3. The Balaban J connectivity index is 1.56. The van der Waals surface area contributed by atoms with Gasteiger partial charge in [-0.1, -0.05) is 41.7 Å². The summed E-state index contributed by atoms with van der Waals surface area (Å²) in [6, 6.07) is 25.0. The van der Waals surface area contributed by atoms with E-state index in [9.17, 15) is 9.18 Å². The Kier molecular flexibility index (Phi) is 5.54. The minimum atomic E-state index is -0.355. The van der Waals surface area contributed by atoms with E-state index in [1.165, 1.54) is 28.5 Å². The second kappa shape index (κ2) is 8.80. The third kappa shape index (κ3) is 4.31. The Bertz CT molecular complexity index is 1500. The Hall–Kier alpha value is -4.10. The molecule has 1 aromatic heterocycles. The monoisotopic (exact) mass is 455 g/mol. The highest BCUT2D eigenvalue weighted by molar-refractivity contribution is 7.22. The lowest BCUT2D eigenvalue weighted by Crippen LogP contribution is -2.25. The third-order valence-corrected chi connectivity index (χ3v) is 6.14. The van der Waals surface area contributed by atoms with Gasteiger partial charge in [0.15, 0.2) is 0 Å². The van der Waals surface area contributed by atoms with Crippen molar-refractivity contribution in [2.75, 3.05) is 12.1 Å². The predicted octanol–water partition coefficient (Wildman–Crippen LogP) is 6.28. The van der Waals surface area contributed by atoms with E-state index in [2.05, 4.69) is 10.1 Å². The fraction of sp³-hybridized carbons (Fsp3) is 0.0385. The Morgan fingerprint density at radius 1 is 1.00 bits per heavy atom. The summed E-state index contributed by atoms with van der Waals surface area (Å²) in [6.45, 7) is 0. The van der Waals surface area contributed by atoms with Crippen LogP contribution in [0.5, 0.6) is 5.75 Å². The van der Waals surface area contributed by atoms with E-state index in [-0.39, 0.29) is 11.7 Å². The molecule has 5 rings (SSSR count). The summed E-state index contributed by atoms with van der Waals surface area (Å²) in [7, 11) is 1.60. The first-order valence-corrected chi connectivity index (χ1v) is 11.0. The highest BCUT2D eigenvalue weighted by Crippen LogP contribution is 2.31. The van der Waals surface area contributed by atoms with E-state index in [0.717, 1.165) is 22.1 Å². The van der Waals surface area contributed by atoms with Gasteiger partial charge in [0, 0.05) is 5.56 Å². The summed E-state index contributed by atoms with van der Waals surface area (Å²) >= 11 is 1.21. The van der Waals surface area contributed by atoms with E-state index in [0.29, 0.717) is 20.9 Å². The molecule has 0 spiro atoms. The van der Waals surface area contributed by atoms with Gasteiger partial charge in [-0.05, 0) is 70.9 Å². The molecule has 5 nitrogen and oxygen atoms in total. The van der Waals surface area contributed by atoms with E-state index in [1.54, 1.807) is 25.5 Å². The molecule has 162 valence electrons. The normalized spacial score (nSPS) is 11.3. The highest BCUT2D eigenvalue weighted by atomic mass is 32.1. The van der Waals surface area contributed by atoms with Crippen molar-refractivity contribution < 1.29 is 13.9 Å². The smallest absolute Gasteiger partial charge is 0.280 e. The van der Waals surface area contributed by atoms with Crippen molar-refractivity contribution >= 4 is 49.6 Å². The van der Waals surface area contributed by atoms with Gasteiger partial charge in [0.05, 0.1) is 23.5 Å². The average Bonchev–Trinajstić information content (AvgIpc) is 3.27. The number of carbonyl (C=O) groups is 1. The van der Waals surface area contributed by atoms with Crippen molar-refractivity contribution in [3.05, 3.63) is 102 Å². The van der Waals surface area contributed by atoms with Crippen LogP contribution in [0.25, 0.3) is 21.0 Å². The van der Waals surface area contributed by atoms with Crippen molar-refractivity contribution in [3.8, 4) is 5.75 Å². The molecule has 0 N–H and O–H groups in total. The number of ether oxygens (including phenoxy) is 1. The minimum Gasteiger partial charge on any atom is -0.497 e. The number of hydrogen-bond acceptors (Lipinski definition) is 5. The van der Waals surface area contributed by atoms with Crippen LogP contribution in [-0.4, -0.2) is 24.2 Å². The van der Waals surface area contributed by atoms with Crippen LogP contribution in [0.4, 0.5) is 9.52 Å². The molecule has 33 heavy (non-hydrogen) atoms. The number of anilines is 1. The molecule has 4 aromatic carbocycles. The number of thiazole rings is 1. The predicted molar refractivity (Wildman–Crippen MR) is 131 cm³/mol. The molecule has 5 aromatic rings. The summed E-state index contributed by atoms with van der Waals surface area (Å²) in [5.41, 5.74) is 1.87. The molecule has 0 aliphatic carbocycles. The second-order valence-corrected chi connectivity index (χ2v) is 8.31. The highest BCUT2D eigenvalue weighted by Gasteiger charge is 2.21. The standard InChI is InChI=1S/C26H18FN3O2S/c1-32-22-11-6-17(7-12-22)16-28-30(26-29-23-13-10-21(27)15-24(23)33-26)25(31)20-9-8-18-4-2-3-5-19(18)14-20/h2-16H,1H3/b28-16+. The first kappa shape index (κ1) is 20.8. The molecule has 7 heteroatoms. The maximum absolute atomic E-state index is 13.7. The number of rotatable bonds is 5. The van der Waals surface area contributed by atoms with Gasteiger partial charge < -0.3 is 4.74 Å². The number of fused-ring (bicyclic) bond motifs is 2. The lowest BCUT2D eigenvalue weighted by molar-refractivity contribution is 0.0988. The van der Waals surface area contributed by atoms with Crippen molar-refractivity contribution in [1.82, 2.24) is 4.98 Å². The Morgan fingerprint density at radius 3 is 2.58 bits per heavy atom. The quantitative estimate of drug-likeness (QED) is 0.232. The Labute approximate surface area is 193 Å². The first-order valence-electron chi connectivity index (χ1n) is 10.2. The van der Waals surface area contributed by atoms with Crippen molar-refractivity contribution in [3.63, 3.8) is 0 Å². The molecule has 0 unspecified atom stereocenters. The average molecular weight is 456 g/mol. The molecule has 0 aliphatic rings. The molecule has 0 atom stereocenters. The minimum absolute atomic E-state index is 0.329. The lowest BCUT2D eigenvalue weighted by atomic mass is 10.1. The van der Waals surface area contributed by atoms with Crippen LogP contribution in [0.15, 0.2) is 90.0 Å². The molecule has 1 heterocycles. The maximum Gasteiger partial charge on any atom is 0.280 e. The van der Waals surface area contributed by atoms with Gasteiger partial charge in [0.25, 0.3) is 5.91 Å². The van der Waals surface area contributed by atoms with Crippen molar-refractivity contribution in [2.45, 2.75) is 0 Å².